The predicted octanol–water partition coefficient (Wildman–Crippen LogP) is 0.250. The average molecular weight is 304 g/mol. The number of aliphatic hydroxyl groups excluding tert-OH is 1. The van der Waals surface area contributed by atoms with Crippen LogP contribution in [-0.4, -0.2) is 53.6 Å². The molecule has 2 heterocycles. The summed E-state index contributed by atoms with van der Waals surface area (Å²) in [5.41, 5.74) is 13.9. The van der Waals surface area contributed by atoms with E-state index in [9.17, 15) is 5.11 Å². The molecule has 6 nitrogen and oxygen atoms in total. The van der Waals surface area contributed by atoms with Crippen LogP contribution in [-0.2, 0) is 11.3 Å². The van der Waals surface area contributed by atoms with Crippen LogP contribution in [0.3, 0.4) is 0 Å². The van der Waals surface area contributed by atoms with Crippen molar-refractivity contribution in [3.63, 3.8) is 0 Å². The Morgan fingerprint density at radius 1 is 1.23 bits per heavy atom. The Balaban J connectivity index is 1.86. The molecule has 0 spiro atoms. The number of nitrogens with two attached hydrogens (primary N) is 2. The van der Waals surface area contributed by atoms with E-state index in [0.29, 0.717) is 26.3 Å². The van der Waals surface area contributed by atoms with Gasteiger partial charge in [-0.05, 0) is 11.6 Å². The number of hydrogen-bond acceptors (Lipinski definition) is 5. The molecule has 2 aromatic rings. The van der Waals surface area contributed by atoms with E-state index in [1.165, 1.54) is 0 Å². The minimum absolute atomic E-state index is 0.188. The Morgan fingerprint density at radius 3 is 2.68 bits per heavy atom. The second-order valence-electron chi connectivity index (χ2n) is 5.73. The zero-order chi connectivity index (χ0) is 15.5. The van der Waals surface area contributed by atoms with Crippen molar-refractivity contribution >= 4 is 10.9 Å². The van der Waals surface area contributed by atoms with E-state index >= 15 is 0 Å². The molecule has 1 fully saturated rings. The summed E-state index contributed by atoms with van der Waals surface area (Å²) in [5, 5.41) is 11.6. The first-order valence-corrected chi connectivity index (χ1v) is 7.74. The van der Waals surface area contributed by atoms with Gasteiger partial charge in [-0.1, -0.05) is 18.2 Å². The smallest absolute Gasteiger partial charge is 0.125 e. The lowest BCUT2D eigenvalue weighted by atomic mass is 10.1. The first kappa shape index (κ1) is 15.5. The Hall–Kier alpha value is -1.44. The largest absolute Gasteiger partial charge is 0.379 e. The molecule has 0 bridgehead atoms. The fourth-order valence-corrected chi connectivity index (χ4v) is 3.02. The molecule has 2 unspecified atom stereocenters. The number of para-hydroxylation sites is 1. The summed E-state index contributed by atoms with van der Waals surface area (Å²) in [6, 6.07) is 7.91. The number of rotatable bonds is 5. The molecule has 5 N–H and O–H groups in total. The van der Waals surface area contributed by atoms with E-state index in [4.69, 9.17) is 16.2 Å². The summed E-state index contributed by atoms with van der Waals surface area (Å²) in [6.07, 6.45) is 1.49. The first-order valence-electron chi connectivity index (χ1n) is 7.74. The van der Waals surface area contributed by atoms with Gasteiger partial charge in [0.15, 0.2) is 0 Å². The number of ether oxygens (including phenoxy) is 1. The number of aliphatic hydroxyl groups is 1. The Kier molecular flexibility index (Phi) is 4.75. The molecule has 2 atom stereocenters. The van der Waals surface area contributed by atoms with Crippen LogP contribution in [0.1, 0.15) is 11.6 Å². The molecule has 0 saturated carbocycles. The first-order chi connectivity index (χ1) is 10.7. The van der Waals surface area contributed by atoms with E-state index in [2.05, 4.69) is 10.6 Å². The second-order valence-corrected chi connectivity index (χ2v) is 5.73. The van der Waals surface area contributed by atoms with Crippen LogP contribution in [0.5, 0.6) is 0 Å². The number of morpholine rings is 1. The molecule has 0 aliphatic carbocycles. The van der Waals surface area contributed by atoms with Gasteiger partial charge in [-0.25, -0.2) is 0 Å². The molecule has 1 saturated heterocycles. The van der Waals surface area contributed by atoms with Gasteiger partial charge in [-0.3, -0.25) is 4.90 Å². The lowest BCUT2D eigenvalue weighted by Crippen LogP contribution is -2.45. The molecule has 3 rings (SSSR count). The van der Waals surface area contributed by atoms with E-state index in [1.54, 1.807) is 0 Å². The summed E-state index contributed by atoms with van der Waals surface area (Å²) >= 11 is 0. The highest BCUT2D eigenvalue weighted by Crippen LogP contribution is 2.25. The van der Waals surface area contributed by atoms with Crippen LogP contribution in [0.4, 0.5) is 0 Å². The van der Waals surface area contributed by atoms with Gasteiger partial charge >= 0.3 is 0 Å². The van der Waals surface area contributed by atoms with Crippen molar-refractivity contribution in [3.05, 3.63) is 36.0 Å². The maximum atomic E-state index is 10.5. The Labute approximate surface area is 130 Å². The average Bonchev–Trinajstić information content (AvgIpc) is 2.94. The topological polar surface area (TPSA) is 89.7 Å². The van der Waals surface area contributed by atoms with Gasteiger partial charge in [0, 0.05) is 42.8 Å². The van der Waals surface area contributed by atoms with E-state index in [0.717, 1.165) is 29.6 Å². The van der Waals surface area contributed by atoms with E-state index < -0.39 is 6.23 Å². The number of aromatic nitrogens is 1. The van der Waals surface area contributed by atoms with Crippen molar-refractivity contribution in [1.82, 2.24) is 9.47 Å². The van der Waals surface area contributed by atoms with Crippen LogP contribution >= 0.6 is 0 Å². The van der Waals surface area contributed by atoms with Gasteiger partial charge < -0.3 is 25.9 Å². The third-order valence-corrected chi connectivity index (χ3v) is 4.30. The van der Waals surface area contributed by atoms with Crippen LogP contribution in [0, 0.1) is 0 Å². The van der Waals surface area contributed by atoms with Crippen LogP contribution in [0.2, 0.25) is 0 Å². The van der Waals surface area contributed by atoms with Crippen LogP contribution in [0.15, 0.2) is 30.5 Å². The van der Waals surface area contributed by atoms with Crippen molar-refractivity contribution in [2.24, 2.45) is 11.5 Å². The molecule has 0 amide bonds. The summed E-state index contributed by atoms with van der Waals surface area (Å²) in [6.45, 7) is 3.78. The third-order valence-electron chi connectivity index (χ3n) is 4.30. The third kappa shape index (κ3) is 3.02. The molecule has 6 heteroatoms. The highest BCUT2D eigenvalue weighted by atomic mass is 16.5. The SMILES string of the molecule is NCC(N)c1cn(CC(O)N2CCOCC2)c2ccccc12. The summed E-state index contributed by atoms with van der Waals surface area (Å²) in [4.78, 5) is 2.04. The predicted molar refractivity (Wildman–Crippen MR) is 86.3 cm³/mol. The van der Waals surface area contributed by atoms with E-state index in [1.807, 2.05) is 29.3 Å². The van der Waals surface area contributed by atoms with Gasteiger partial charge in [0.2, 0.25) is 0 Å². The highest BCUT2D eigenvalue weighted by Gasteiger charge is 2.21. The van der Waals surface area contributed by atoms with Gasteiger partial charge in [-0.2, -0.15) is 0 Å². The minimum Gasteiger partial charge on any atom is -0.379 e. The zero-order valence-electron chi connectivity index (χ0n) is 12.7. The molecule has 1 aliphatic rings. The van der Waals surface area contributed by atoms with Gasteiger partial charge in [0.1, 0.15) is 6.23 Å². The molecule has 22 heavy (non-hydrogen) atoms. The van der Waals surface area contributed by atoms with Crippen molar-refractivity contribution in [3.8, 4) is 0 Å². The highest BCUT2D eigenvalue weighted by molar-refractivity contribution is 5.84. The normalized spacial score (nSPS) is 19.4. The summed E-state index contributed by atoms with van der Waals surface area (Å²) < 4.78 is 7.40. The van der Waals surface area contributed by atoms with Crippen molar-refractivity contribution in [2.45, 2.75) is 18.8 Å². The number of benzene rings is 1. The van der Waals surface area contributed by atoms with Crippen LogP contribution in [0.25, 0.3) is 10.9 Å². The lowest BCUT2D eigenvalue weighted by Gasteiger charge is -2.31. The Bertz CT molecular complexity index is 622. The number of nitrogens with zero attached hydrogens (tertiary/aromatic N) is 2. The second kappa shape index (κ2) is 6.76. The Morgan fingerprint density at radius 2 is 1.95 bits per heavy atom. The molecule has 1 aliphatic heterocycles. The zero-order valence-corrected chi connectivity index (χ0v) is 12.7. The number of hydrogen-bond donors (Lipinski definition) is 3. The standard InChI is InChI=1S/C16H24N4O2/c17-9-14(18)13-10-20(15-4-2-1-3-12(13)15)11-16(21)19-5-7-22-8-6-19/h1-4,10,14,16,21H,5-9,11,17-18H2. The van der Waals surface area contributed by atoms with Crippen molar-refractivity contribution in [2.75, 3.05) is 32.8 Å². The van der Waals surface area contributed by atoms with Crippen LogP contribution < -0.4 is 11.5 Å². The summed E-state index contributed by atoms with van der Waals surface area (Å²) in [5.74, 6) is 0. The number of fused-ring (bicyclic) bond motifs is 1. The molecular weight excluding hydrogens is 280 g/mol. The monoisotopic (exact) mass is 304 g/mol. The molecule has 1 aromatic heterocycles. The maximum Gasteiger partial charge on any atom is 0.125 e. The molecule has 0 radical (unpaired) electrons. The van der Waals surface area contributed by atoms with Gasteiger partial charge in [-0.15, -0.1) is 0 Å². The fraction of sp³-hybridized carbons (Fsp3) is 0.500. The maximum absolute atomic E-state index is 10.5. The van der Waals surface area contributed by atoms with E-state index in [-0.39, 0.29) is 6.04 Å². The fourth-order valence-electron chi connectivity index (χ4n) is 3.02. The van der Waals surface area contributed by atoms with Crippen molar-refractivity contribution < 1.29 is 9.84 Å². The van der Waals surface area contributed by atoms with Crippen molar-refractivity contribution in [1.29, 1.82) is 0 Å². The minimum atomic E-state index is -0.526. The lowest BCUT2D eigenvalue weighted by molar-refractivity contribution is -0.0646. The quantitative estimate of drug-likeness (QED) is 0.737. The van der Waals surface area contributed by atoms with Gasteiger partial charge in [0.25, 0.3) is 0 Å². The summed E-state index contributed by atoms with van der Waals surface area (Å²) in [7, 11) is 0. The van der Waals surface area contributed by atoms with Gasteiger partial charge in [0.05, 0.1) is 19.8 Å². The molecule has 1 aromatic carbocycles. The molecular formula is C16H24N4O2. The molecule has 120 valence electrons.